The number of carbonyl (C=O) groups excluding carboxylic acids is 3. The lowest BCUT2D eigenvalue weighted by molar-refractivity contribution is -0.221. The number of nitrogens with one attached hydrogen (secondary N) is 5. The van der Waals surface area contributed by atoms with Gasteiger partial charge in [0.05, 0.1) is 36.3 Å². The Morgan fingerprint density at radius 2 is 1.38 bits per heavy atom. The van der Waals surface area contributed by atoms with Crippen LogP contribution in [0, 0.1) is 34.3 Å². The number of aromatic nitrogens is 3. The standard InChI is InChI=1S/C49H54F10N10O7/c1-46(2,48(54,55)56)39(65-45(75)76-5)41(71)63-36(16-27-9-6-26(7-10-27)8-11-28-12-15-38(60-19-28)67-22-31-13-14-32(23-67)62-31)37(70)25-68(66-42(72)40(64-44(73)74)47(3,4)49(57,58)59)24-33-34(50)17-29(18-35(33)51)30-20-61-69(21-30)43(52)53/h6-7,9-10,12,15,17-21,31-32,36-37,39-40,43,62,64,70H,13-14,16,22-25H2,1-5H3,(H,63,71)(H,65,75)(H,66,72)(H,73,74)/t31?,32?,36-,37-,39+,40+/m0/s1. The fourth-order valence-corrected chi connectivity index (χ4v) is 8.51. The van der Waals surface area contributed by atoms with Gasteiger partial charge in [0, 0.05) is 72.9 Å². The average Bonchev–Trinajstić information content (AvgIpc) is 3.98. The Kier molecular flexibility index (Phi) is 17.9. The second kappa shape index (κ2) is 23.4. The highest BCUT2D eigenvalue weighted by atomic mass is 19.4. The Hall–Kier alpha value is -7.18. The highest BCUT2D eigenvalue weighted by Gasteiger charge is 2.57. The summed E-state index contributed by atoms with van der Waals surface area (Å²) in [5, 5.41) is 34.4. The molecule has 2 aromatic heterocycles. The topological polar surface area (TPSA) is 215 Å². The maximum absolute atomic E-state index is 16.0. The van der Waals surface area contributed by atoms with Gasteiger partial charge in [0.15, 0.2) is 0 Å². The van der Waals surface area contributed by atoms with Gasteiger partial charge in [-0.15, -0.1) is 0 Å². The highest BCUT2D eigenvalue weighted by Crippen LogP contribution is 2.42. The van der Waals surface area contributed by atoms with Crippen LogP contribution in [-0.4, -0.2) is 129 Å². The van der Waals surface area contributed by atoms with Gasteiger partial charge >= 0.3 is 31.1 Å². The van der Waals surface area contributed by atoms with Crippen LogP contribution in [0.2, 0.25) is 0 Å². The number of methoxy groups -OCH3 is 1. The monoisotopic (exact) mass is 1080 g/mol. The summed E-state index contributed by atoms with van der Waals surface area (Å²) < 4.78 is 150. The lowest BCUT2D eigenvalue weighted by atomic mass is 9.82. The van der Waals surface area contributed by atoms with Crippen LogP contribution in [0.3, 0.4) is 0 Å². The number of amides is 4. The molecule has 76 heavy (non-hydrogen) atoms. The number of rotatable bonds is 18. The number of hydrogen-bond donors (Lipinski definition) is 7. The molecular formula is C49H54F10N10O7. The predicted octanol–water partition coefficient (Wildman–Crippen LogP) is 6.42. The number of hydrogen-bond acceptors (Lipinski definition) is 11. The van der Waals surface area contributed by atoms with Crippen LogP contribution in [0.1, 0.15) is 69.3 Å². The third kappa shape index (κ3) is 14.0. The summed E-state index contributed by atoms with van der Waals surface area (Å²) in [4.78, 5) is 58.7. The number of ether oxygens (including phenoxy) is 1. The Morgan fingerprint density at radius 1 is 0.816 bits per heavy atom. The molecule has 17 nitrogen and oxygen atoms in total. The Balaban J connectivity index is 1.33. The number of halogens is 10. The molecule has 0 spiro atoms. The molecule has 2 aliphatic rings. The molecule has 4 aromatic rings. The molecule has 412 valence electrons. The van der Waals surface area contributed by atoms with Crippen LogP contribution in [0.4, 0.5) is 59.3 Å². The molecule has 7 N–H and O–H groups in total. The summed E-state index contributed by atoms with van der Waals surface area (Å²) in [6.45, 7) is -1.71. The first-order valence-corrected chi connectivity index (χ1v) is 23.4. The second-order valence-electron chi connectivity index (χ2n) is 19.4. The maximum Gasteiger partial charge on any atom is 0.407 e. The minimum Gasteiger partial charge on any atom is -0.465 e. The number of nitrogens with zero attached hydrogens (tertiary/aromatic N) is 5. The van der Waals surface area contributed by atoms with Crippen molar-refractivity contribution in [3.63, 3.8) is 0 Å². The largest absolute Gasteiger partial charge is 0.465 e. The molecule has 6 atom stereocenters. The number of carboxylic acid groups (broad SMARTS) is 1. The number of carbonyl (C=O) groups is 4. The molecule has 2 bridgehead atoms. The van der Waals surface area contributed by atoms with E-state index < -0.39 is 115 Å². The average molecular weight is 1090 g/mol. The second-order valence-corrected chi connectivity index (χ2v) is 19.4. The molecule has 2 aromatic carbocycles. The predicted molar refractivity (Wildman–Crippen MR) is 252 cm³/mol. The van der Waals surface area contributed by atoms with Crippen LogP contribution in [0.25, 0.3) is 11.1 Å². The van der Waals surface area contributed by atoms with Crippen molar-refractivity contribution in [2.75, 3.05) is 31.6 Å². The smallest absolute Gasteiger partial charge is 0.407 e. The molecule has 2 aliphatic heterocycles. The Morgan fingerprint density at radius 3 is 1.89 bits per heavy atom. The van der Waals surface area contributed by atoms with Crippen molar-refractivity contribution in [1.82, 2.24) is 46.5 Å². The summed E-state index contributed by atoms with van der Waals surface area (Å²) in [5.41, 5.74) is -4.46. The van der Waals surface area contributed by atoms with Crippen molar-refractivity contribution in [1.29, 1.82) is 0 Å². The first-order valence-electron chi connectivity index (χ1n) is 23.4. The molecule has 27 heteroatoms. The zero-order valence-corrected chi connectivity index (χ0v) is 41.3. The van der Waals surface area contributed by atoms with Crippen LogP contribution < -0.4 is 31.6 Å². The van der Waals surface area contributed by atoms with Crippen molar-refractivity contribution in [2.45, 2.75) is 109 Å². The maximum atomic E-state index is 16.0. The van der Waals surface area contributed by atoms with Gasteiger partial charge in [-0.1, -0.05) is 24.0 Å². The van der Waals surface area contributed by atoms with Gasteiger partial charge in [-0.2, -0.15) is 40.2 Å². The van der Waals surface area contributed by atoms with Gasteiger partial charge in [-0.3, -0.25) is 15.0 Å². The molecule has 0 radical (unpaired) electrons. The Labute approximate surface area is 428 Å². The summed E-state index contributed by atoms with van der Waals surface area (Å²) in [6.07, 6.45) is -11.3. The SMILES string of the molecule is COC(=O)N[C@H](C(=O)N[C@@H](Cc1ccc(C#Cc2ccc(N3CC4CCC(C3)N4)nc2)cc1)[C@@H](O)CN(Cc1c(F)cc(-c2cnn(C(F)F)c2)cc1F)NC(=O)[C@@H](NC(=O)O)C(C)(C)C(F)(F)F)C(C)(C)C(F)(F)F. The van der Waals surface area contributed by atoms with Crippen molar-refractivity contribution < 1.29 is 78.0 Å². The summed E-state index contributed by atoms with van der Waals surface area (Å²) >= 11 is 0. The minimum atomic E-state index is -5.28. The number of aliphatic hydroxyl groups excluding tert-OH is 1. The normalized spacial score (nSPS) is 17.5. The van der Waals surface area contributed by atoms with Crippen LogP contribution >= 0.6 is 0 Å². The van der Waals surface area contributed by atoms with E-state index in [9.17, 15) is 64.5 Å². The number of piperazine rings is 1. The van der Waals surface area contributed by atoms with E-state index in [0.717, 1.165) is 51.3 Å². The zero-order chi connectivity index (χ0) is 56.1. The first-order chi connectivity index (χ1) is 35.5. The molecule has 4 heterocycles. The molecule has 2 saturated heterocycles. The number of fused-ring (bicyclic) bond motifs is 2. The fraction of sp³-hybridized carbons (Fsp3) is 0.469. The molecule has 6 rings (SSSR count). The molecular weight excluding hydrogens is 1030 g/mol. The number of alkyl halides is 8. The number of alkyl carbamates (subject to hydrolysis) is 1. The van der Waals surface area contributed by atoms with Crippen LogP contribution in [0.5, 0.6) is 0 Å². The van der Waals surface area contributed by atoms with Crippen molar-refractivity contribution in [2.24, 2.45) is 10.8 Å². The van der Waals surface area contributed by atoms with Gasteiger partial charge in [-0.05, 0) is 94.5 Å². The molecule has 0 aliphatic carbocycles. The van der Waals surface area contributed by atoms with E-state index in [1.165, 1.54) is 29.6 Å². The van der Waals surface area contributed by atoms with Gasteiger partial charge in [-0.25, -0.2) is 33.0 Å². The van der Waals surface area contributed by atoms with Gasteiger partial charge in [0.1, 0.15) is 29.5 Å². The van der Waals surface area contributed by atoms with Crippen LogP contribution in [0.15, 0.2) is 67.1 Å². The minimum absolute atomic E-state index is 0.186. The number of benzene rings is 2. The van der Waals surface area contributed by atoms with E-state index in [2.05, 4.69) is 42.2 Å². The zero-order valence-electron chi connectivity index (χ0n) is 41.3. The third-order valence-corrected chi connectivity index (χ3v) is 13.3. The molecule has 2 fully saturated rings. The number of hydrazine groups is 1. The molecule has 2 unspecified atom stereocenters. The van der Waals surface area contributed by atoms with E-state index in [1.54, 1.807) is 6.20 Å². The number of pyridine rings is 1. The van der Waals surface area contributed by atoms with Crippen molar-refractivity contribution >= 4 is 29.8 Å². The van der Waals surface area contributed by atoms with Crippen LogP contribution in [-0.2, 0) is 27.3 Å². The van der Waals surface area contributed by atoms with Crippen molar-refractivity contribution in [3.8, 4) is 23.0 Å². The fourth-order valence-electron chi connectivity index (χ4n) is 8.51. The third-order valence-electron chi connectivity index (χ3n) is 13.3. The van der Waals surface area contributed by atoms with Crippen molar-refractivity contribution in [3.05, 3.63) is 101 Å². The first kappa shape index (κ1) is 58.1. The Bertz CT molecular complexity index is 2750. The number of anilines is 1. The number of aliphatic hydroxyl groups is 1. The van der Waals surface area contributed by atoms with Gasteiger partial charge in [0.2, 0.25) is 5.91 Å². The lowest BCUT2D eigenvalue weighted by Gasteiger charge is -2.38. The van der Waals surface area contributed by atoms with E-state index in [-0.39, 0.29) is 21.4 Å². The summed E-state index contributed by atoms with van der Waals surface area (Å²) in [6, 6.07) is 4.84. The van der Waals surface area contributed by atoms with E-state index in [4.69, 9.17) is 0 Å². The van der Waals surface area contributed by atoms with E-state index >= 15 is 8.78 Å². The molecule has 4 amide bonds. The lowest BCUT2D eigenvalue weighted by Crippen LogP contribution is -2.63. The van der Waals surface area contributed by atoms with Gasteiger partial charge < -0.3 is 41.1 Å². The molecule has 0 saturated carbocycles. The van der Waals surface area contributed by atoms with Gasteiger partial charge in [0.25, 0.3) is 5.91 Å². The van der Waals surface area contributed by atoms with E-state index in [0.29, 0.717) is 68.0 Å². The summed E-state index contributed by atoms with van der Waals surface area (Å²) in [5.74, 6) is 0.581. The summed E-state index contributed by atoms with van der Waals surface area (Å²) in [7, 11) is 0.810. The van der Waals surface area contributed by atoms with E-state index in [1.807, 2.05) is 22.9 Å². The quantitative estimate of drug-likeness (QED) is 0.0327. The highest BCUT2D eigenvalue weighted by molar-refractivity contribution is 5.87.